The molecule has 13 heteroatoms. The van der Waals surface area contributed by atoms with Crippen LogP contribution >= 0.6 is 22.7 Å². The summed E-state index contributed by atoms with van der Waals surface area (Å²) in [5.41, 5.74) is 1.65. The summed E-state index contributed by atoms with van der Waals surface area (Å²) in [7, 11) is -3.16. The number of nitrogens with zero attached hydrogens (tertiary/aromatic N) is 1. The highest BCUT2D eigenvalue weighted by Gasteiger charge is 2.20. The number of alkyl carbamates (subject to hydrolysis) is 1. The van der Waals surface area contributed by atoms with E-state index in [0.29, 0.717) is 12.1 Å². The predicted molar refractivity (Wildman–Crippen MR) is 122 cm³/mol. The average Bonchev–Trinajstić information content (AvgIpc) is 3.43. The molecule has 0 aliphatic carbocycles. The molecule has 0 radical (unpaired) electrons. The molecule has 170 valence electrons. The zero-order valence-corrected chi connectivity index (χ0v) is 19.2. The predicted octanol–water partition coefficient (Wildman–Crippen LogP) is 2.84. The number of aromatic nitrogens is 1. The molecule has 0 saturated heterocycles. The van der Waals surface area contributed by atoms with Crippen molar-refractivity contribution < 1.29 is 27.3 Å². The van der Waals surface area contributed by atoms with Crippen LogP contribution in [0.1, 0.15) is 17.3 Å². The Kier molecular flexibility index (Phi) is 7.80. The number of anilines is 1. The van der Waals surface area contributed by atoms with Gasteiger partial charge in [0.15, 0.2) is 0 Å². The number of benzene rings is 1. The van der Waals surface area contributed by atoms with Gasteiger partial charge in [0.2, 0.25) is 5.91 Å². The van der Waals surface area contributed by atoms with Gasteiger partial charge in [0.1, 0.15) is 11.6 Å². The molecule has 1 aromatic carbocycles. The zero-order chi connectivity index (χ0) is 23.1. The first kappa shape index (κ1) is 23.7. The van der Waals surface area contributed by atoms with E-state index in [1.807, 2.05) is 27.6 Å². The molecule has 0 spiro atoms. The van der Waals surface area contributed by atoms with Crippen LogP contribution in [0.25, 0.3) is 9.88 Å². The maximum absolute atomic E-state index is 12.4. The van der Waals surface area contributed by atoms with Gasteiger partial charge in [-0.2, -0.15) is 8.42 Å². The number of thiazole rings is 1. The van der Waals surface area contributed by atoms with Gasteiger partial charge >= 0.3 is 16.4 Å². The number of nitrogens with one attached hydrogen (secondary N) is 3. The van der Waals surface area contributed by atoms with Crippen LogP contribution in [-0.2, 0) is 26.3 Å². The summed E-state index contributed by atoms with van der Waals surface area (Å²) in [5, 5.41) is 9.84. The van der Waals surface area contributed by atoms with Crippen molar-refractivity contribution in [3.63, 3.8) is 0 Å². The van der Waals surface area contributed by atoms with Crippen LogP contribution in [0.15, 0.2) is 47.2 Å². The molecule has 2 amide bonds. The second-order valence-corrected chi connectivity index (χ2v) is 9.46. The number of carbonyl (C=O) groups excluding carboxylic acids is 2. The maximum Gasteiger partial charge on any atom is 0.407 e. The van der Waals surface area contributed by atoms with Crippen molar-refractivity contribution in [2.45, 2.75) is 12.5 Å². The molecule has 0 bridgehead atoms. The second-order valence-electron chi connectivity index (χ2n) is 6.50. The van der Waals surface area contributed by atoms with Crippen molar-refractivity contribution in [3.8, 4) is 9.88 Å². The minimum atomic E-state index is -4.37. The summed E-state index contributed by atoms with van der Waals surface area (Å²) >= 11 is 3.02. The third kappa shape index (κ3) is 7.02. The number of amides is 2. The molecular weight excluding hydrogens is 476 g/mol. The summed E-state index contributed by atoms with van der Waals surface area (Å²) < 4.78 is 37.2. The lowest BCUT2D eigenvalue weighted by Gasteiger charge is -2.18. The number of ether oxygens (including phenoxy) is 1. The molecule has 0 fully saturated rings. The number of methoxy groups -OCH3 is 1. The normalized spacial score (nSPS) is 12.1. The van der Waals surface area contributed by atoms with Crippen molar-refractivity contribution >= 4 is 50.7 Å². The van der Waals surface area contributed by atoms with E-state index in [1.165, 1.54) is 30.6 Å². The Morgan fingerprint density at radius 2 is 1.94 bits per heavy atom. The third-order valence-corrected chi connectivity index (χ3v) is 6.56. The Morgan fingerprint density at radius 1 is 1.19 bits per heavy atom. The average molecular weight is 497 g/mol. The Bertz CT molecular complexity index is 1160. The fraction of sp³-hybridized carbons (Fsp3) is 0.211. The number of hydrogen-bond acceptors (Lipinski definition) is 8. The van der Waals surface area contributed by atoms with E-state index in [2.05, 4.69) is 20.4 Å². The SMILES string of the molecule is COC(=O)NCC(=O)N[C@H](Cc1ccc(NS(=O)(=O)O)cc1)c1csc(-c2cccs2)n1. The molecule has 3 aromatic rings. The molecule has 0 aliphatic heterocycles. The monoisotopic (exact) mass is 496 g/mol. The Labute approximate surface area is 192 Å². The van der Waals surface area contributed by atoms with Gasteiger partial charge in [-0.3, -0.25) is 14.1 Å². The Morgan fingerprint density at radius 3 is 2.56 bits per heavy atom. The van der Waals surface area contributed by atoms with E-state index in [0.717, 1.165) is 15.4 Å². The van der Waals surface area contributed by atoms with Crippen LogP contribution in [-0.4, -0.2) is 43.6 Å². The summed E-state index contributed by atoms with van der Waals surface area (Å²) in [6.07, 6.45) is -0.351. The standard InChI is InChI=1S/C19H20N4O6S3/c1-29-19(25)20-10-17(24)21-14(15-11-31-18(22-15)16-3-2-8-30-16)9-12-4-6-13(7-5-12)23-32(26,27)28/h2-8,11,14,23H,9-10H2,1H3,(H,20,25)(H,21,24)(H,26,27,28)/t14-/m1/s1. The molecule has 10 nitrogen and oxygen atoms in total. The topological polar surface area (TPSA) is 147 Å². The molecule has 0 unspecified atom stereocenters. The van der Waals surface area contributed by atoms with Crippen LogP contribution in [0.5, 0.6) is 0 Å². The van der Waals surface area contributed by atoms with E-state index < -0.39 is 28.3 Å². The number of rotatable bonds is 9. The van der Waals surface area contributed by atoms with Crippen LogP contribution in [0.3, 0.4) is 0 Å². The van der Waals surface area contributed by atoms with Gasteiger partial charge in [0, 0.05) is 5.38 Å². The van der Waals surface area contributed by atoms with Crippen molar-refractivity contribution in [1.29, 1.82) is 0 Å². The zero-order valence-electron chi connectivity index (χ0n) is 16.8. The lowest BCUT2D eigenvalue weighted by molar-refractivity contribution is -0.120. The van der Waals surface area contributed by atoms with Crippen molar-refractivity contribution in [3.05, 3.63) is 58.4 Å². The molecule has 2 heterocycles. The highest BCUT2D eigenvalue weighted by Crippen LogP contribution is 2.30. The number of carbonyl (C=O) groups is 2. The minimum absolute atomic E-state index is 0.202. The fourth-order valence-electron chi connectivity index (χ4n) is 2.75. The Hall–Kier alpha value is -3.00. The molecule has 0 saturated carbocycles. The summed E-state index contributed by atoms with van der Waals surface area (Å²) in [6.45, 7) is -0.262. The van der Waals surface area contributed by atoms with E-state index in [4.69, 9.17) is 4.55 Å². The molecule has 4 N–H and O–H groups in total. The highest BCUT2D eigenvalue weighted by atomic mass is 32.2. The molecule has 0 aliphatic rings. The number of hydrogen-bond donors (Lipinski definition) is 4. The van der Waals surface area contributed by atoms with Gasteiger partial charge in [0.05, 0.1) is 29.4 Å². The first-order valence-electron chi connectivity index (χ1n) is 9.18. The van der Waals surface area contributed by atoms with E-state index in [9.17, 15) is 18.0 Å². The summed E-state index contributed by atoms with van der Waals surface area (Å²) in [6, 6.07) is 9.74. The molecule has 1 atom stereocenters. The first-order valence-corrected chi connectivity index (χ1v) is 12.4. The minimum Gasteiger partial charge on any atom is -0.453 e. The van der Waals surface area contributed by atoms with Gasteiger partial charge in [-0.1, -0.05) is 18.2 Å². The van der Waals surface area contributed by atoms with Crippen LogP contribution < -0.4 is 15.4 Å². The first-order chi connectivity index (χ1) is 15.2. The lowest BCUT2D eigenvalue weighted by atomic mass is 10.0. The van der Waals surface area contributed by atoms with Crippen molar-refractivity contribution in [1.82, 2.24) is 15.6 Å². The maximum atomic E-state index is 12.4. The smallest absolute Gasteiger partial charge is 0.407 e. The van der Waals surface area contributed by atoms with E-state index in [-0.39, 0.29) is 12.2 Å². The van der Waals surface area contributed by atoms with Gasteiger partial charge in [-0.15, -0.1) is 22.7 Å². The van der Waals surface area contributed by atoms with Crippen LogP contribution in [0.2, 0.25) is 0 Å². The van der Waals surface area contributed by atoms with Gasteiger partial charge in [-0.25, -0.2) is 9.78 Å². The fourth-order valence-corrected chi connectivity index (χ4v) is 4.87. The second kappa shape index (κ2) is 10.5. The lowest BCUT2D eigenvalue weighted by Crippen LogP contribution is -2.39. The quantitative estimate of drug-likeness (QED) is 0.333. The Balaban J connectivity index is 1.77. The molecule has 3 rings (SSSR count). The largest absolute Gasteiger partial charge is 0.453 e. The third-order valence-electron chi connectivity index (χ3n) is 4.17. The van der Waals surface area contributed by atoms with Gasteiger partial charge in [0.25, 0.3) is 0 Å². The summed E-state index contributed by atoms with van der Waals surface area (Å²) in [4.78, 5) is 29.3. The van der Waals surface area contributed by atoms with Gasteiger partial charge < -0.3 is 15.4 Å². The highest BCUT2D eigenvalue weighted by molar-refractivity contribution is 7.87. The van der Waals surface area contributed by atoms with Gasteiger partial charge in [-0.05, 0) is 35.6 Å². The molecule has 32 heavy (non-hydrogen) atoms. The van der Waals surface area contributed by atoms with E-state index >= 15 is 0 Å². The molecular formula is C19H20N4O6S3. The van der Waals surface area contributed by atoms with E-state index in [1.54, 1.807) is 23.5 Å². The molecule has 2 aromatic heterocycles. The van der Waals surface area contributed by atoms with Crippen LogP contribution in [0, 0.1) is 0 Å². The summed E-state index contributed by atoms with van der Waals surface area (Å²) in [5.74, 6) is -0.421. The number of thiophene rings is 1. The van der Waals surface area contributed by atoms with Crippen LogP contribution in [0.4, 0.5) is 10.5 Å². The van der Waals surface area contributed by atoms with Crippen molar-refractivity contribution in [2.24, 2.45) is 0 Å². The van der Waals surface area contributed by atoms with Crippen molar-refractivity contribution in [2.75, 3.05) is 18.4 Å².